The molecule has 0 aliphatic carbocycles. The summed E-state index contributed by atoms with van der Waals surface area (Å²) in [7, 11) is 0. The van der Waals surface area contributed by atoms with Crippen LogP contribution in [0, 0.1) is 5.92 Å². The van der Waals surface area contributed by atoms with Gasteiger partial charge in [0.25, 0.3) is 0 Å². The second-order valence-corrected chi connectivity index (χ2v) is 7.30. The van der Waals surface area contributed by atoms with Gasteiger partial charge in [-0.15, -0.1) is 0 Å². The van der Waals surface area contributed by atoms with Crippen molar-refractivity contribution in [2.75, 3.05) is 19.7 Å². The third kappa shape index (κ3) is 5.46. The molecule has 1 aliphatic rings. The fourth-order valence-corrected chi connectivity index (χ4v) is 3.01. The van der Waals surface area contributed by atoms with Gasteiger partial charge in [-0.1, -0.05) is 22.6 Å². The van der Waals surface area contributed by atoms with E-state index in [1.54, 1.807) is 4.90 Å². The van der Waals surface area contributed by atoms with Gasteiger partial charge < -0.3 is 14.4 Å². The molecule has 0 aromatic carbocycles. The highest BCUT2D eigenvalue weighted by atomic mass is 127. The van der Waals surface area contributed by atoms with Gasteiger partial charge in [0, 0.05) is 13.1 Å². The van der Waals surface area contributed by atoms with E-state index in [0.29, 0.717) is 19.7 Å². The van der Waals surface area contributed by atoms with Crippen LogP contribution in [0.15, 0.2) is 0 Å². The van der Waals surface area contributed by atoms with E-state index < -0.39 is 5.60 Å². The van der Waals surface area contributed by atoms with Crippen LogP contribution < -0.4 is 0 Å². The fourth-order valence-electron chi connectivity index (χ4n) is 2.12. The maximum atomic E-state index is 11.9. The van der Waals surface area contributed by atoms with Gasteiger partial charge in [-0.3, -0.25) is 4.79 Å². The van der Waals surface area contributed by atoms with Gasteiger partial charge in [-0.25, -0.2) is 4.79 Å². The van der Waals surface area contributed by atoms with Gasteiger partial charge in [-0.2, -0.15) is 0 Å². The molecule has 1 rings (SSSR count). The Morgan fingerprint density at radius 3 is 2.30 bits per heavy atom. The van der Waals surface area contributed by atoms with E-state index in [1.807, 2.05) is 27.7 Å². The number of alkyl halides is 1. The number of carbonyl (C=O) groups excluding carboxylic acids is 2. The third-order valence-corrected chi connectivity index (χ3v) is 4.64. The van der Waals surface area contributed by atoms with Crippen molar-refractivity contribution >= 4 is 34.7 Å². The lowest BCUT2D eigenvalue weighted by Crippen LogP contribution is -2.44. The molecule has 1 unspecified atom stereocenters. The summed E-state index contributed by atoms with van der Waals surface area (Å²) in [5, 5.41) is 0. The Hall–Kier alpha value is -0.530. The quantitative estimate of drug-likeness (QED) is 0.418. The van der Waals surface area contributed by atoms with Crippen LogP contribution in [0.3, 0.4) is 0 Å². The van der Waals surface area contributed by atoms with Crippen LogP contribution in [0.4, 0.5) is 4.79 Å². The Morgan fingerprint density at radius 1 is 1.30 bits per heavy atom. The lowest BCUT2D eigenvalue weighted by molar-refractivity contribution is -0.143. The highest BCUT2D eigenvalue weighted by molar-refractivity contribution is 14.1. The molecule has 0 N–H and O–H groups in total. The molecule has 6 heteroatoms. The maximum absolute atomic E-state index is 11.9. The molecular weight excluding hydrogens is 373 g/mol. The van der Waals surface area contributed by atoms with Crippen molar-refractivity contribution in [3.63, 3.8) is 0 Å². The molecule has 0 aromatic heterocycles. The average molecular weight is 397 g/mol. The van der Waals surface area contributed by atoms with Crippen molar-refractivity contribution in [2.24, 2.45) is 5.92 Å². The van der Waals surface area contributed by atoms with Crippen molar-refractivity contribution in [3.05, 3.63) is 0 Å². The van der Waals surface area contributed by atoms with Crippen molar-refractivity contribution in [3.8, 4) is 0 Å². The highest BCUT2D eigenvalue weighted by Crippen LogP contribution is 2.27. The minimum Gasteiger partial charge on any atom is -0.465 e. The van der Waals surface area contributed by atoms with E-state index in [2.05, 4.69) is 22.6 Å². The zero-order chi connectivity index (χ0) is 15.3. The van der Waals surface area contributed by atoms with Crippen LogP contribution in [0.5, 0.6) is 0 Å². The SMILES string of the molecule is CCOC(=O)C(I)C1CCN(C(=O)OC(C)(C)C)CC1. The number of nitrogens with zero attached hydrogens (tertiary/aromatic N) is 1. The van der Waals surface area contributed by atoms with Crippen molar-refractivity contribution in [2.45, 2.75) is 50.1 Å². The molecule has 0 radical (unpaired) electrons. The molecule has 0 bridgehead atoms. The second-order valence-electron chi connectivity index (χ2n) is 5.96. The molecular formula is C14H24INO4. The molecule has 1 atom stereocenters. The van der Waals surface area contributed by atoms with Crippen LogP contribution in [-0.4, -0.2) is 46.2 Å². The van der Waals surface area contributed by atoms with Crippen LogP contribution in [0.25, 0.3) is 0 Å². The molecule has 1 aliphatic heterocycles. The molecule has 5 nitrogen and oxygen atoms in total. The first-order valence-corrected chi connectivity index (χ1v) is 8.27. The topological polar surface area (TPSA) is 55.8 Å². The third-order valence-electron chi connectivity index (χ3n) is 3.12. The summed E-state index contributed by atoms with van der Waals surface area (Å²) in [5.74, 6) is 0.122. The maximum Gasteiger partial charge on any atom is 0.410 e. The van der Waals surface area contributed by atoms with Gasteiger partial charge in [-0.05, 0) is 46.5 Å². The summed E-state index contributed by atoms with van der Waals surface area (Å²) in [4.78, 5) is 25.4. The summed E-state index contributed by atoms with van der Waals surface area (Å²) in [6.45, 7) is 9.08. The number of ether oxygens (including phenoxy) is 2. The predicted molar refractivity (Wildman–Crippen MR) is 85.0 cm³/mol. The average Bonchev–Trinajstić information content (AvgIpc) is 2.36. The zero-order valence-electron chi connectivity index (χ0n) is 12.6. The standard InChI is InChI=1S/C14H24INO4/c1-5-19-12(17)11(15)10-6-8-16(9-7-10)13(18)20-14(2,3)4/h10-11H,5-9H2,1-4H3. The van der Waals surface area contributed by atoms with Gasteiger partial charge in [0.05, 0.1) is 6.61 Å². The molecule has 1 fully saturated rings. The molecule has 116 valence electrons. The van der Waals surface area contributed by atoms with Crippen LogP contribution in [0.2, 0.25) is 0 Å². The normalized spacial score (nSPS) is 18.6. The van der Waals surface area contributed by atoms with Gasteiger partial charge >= 0.3 is 12.1 Å². The monoisotopic (exact) mass is 397 g/mol. The van der Waals surface area contributed by atoms with E-state index in [0.717, 1.165) is 12.8 Å². The molecule has 20 heavy (non-hydrogen) atoms. The van der Waals surface area contributed by atoms with Crippen molar-refractivity contribution < 1.29 is 19.1 Å². The first-order chi connectivity index (χ1) is 9.24. The summed E-state index contributed by atoms with van der Waals surface area (Å²) >= 11 is 2.15. The lowest BCUT2D eigenvalue weighted by atomic mass is 9.94. The smallest absolute Gasteiger partial charge is 0.410 e. The first kappa shape index (κ1) is 17.5. The number of carbonyl (C=O) groups is 2. The summed E-state index contributed by atoms with van der Waals surface area (Å²) in [6.07, 6.45) is 1.36. The molecule has 0 spiro atoms. The predicted octanol–water partition coefficient (Wildman–Crippen LogP) is 3.00. The Kier molecular flexibility index (Phi) is 6.54. The molecule has 0 saturated carbocycles. The zero-order valence-corrected chi connectivity index (χ0v) is 14.8. The van der Waals surface area contributed by atoms with E-state index in [9.17, 15) is 9.59 Å². The van der Waals surface area contributed by atoms with Gasteiger partial charge in [0.1, 0.15) is 9.53 Å². The van der Waals surface area contributed by atoms with Crippen LogP contribution in [0.1, 0.15) is 40.5 Å². The van der Waals surface area contributed by atoms with Crippen molar-refractivity contribution in [1.82, 2.24) is 4.90 Å². The minimum atomic E-state index is -0.468. The number of halogens is 1. The van der Waals surface area contributed by atoms with Gasteiger partial charge in [0.2, 0.25) is 0 Å². The largest absolute Gasteiger partial charge is 0.465 e. The Morgan fingerprint density at radius 2 is 1.85 bits per heavy atom. The number of likely N-dealkylation sites (tertiary alicyclic amines) is 1. The molecule has 1 heterocycles. The summed E-state index contributed by atoms with van der Waals surface area (Å²) < 4.78 is 10.3. The van der Waals surface area contributed by atoms with Crippen molar-refractivity contribution in [1.29, 1.82) is 0 Å². The Bertz CT molecular complexity index is 346. The number of rotatable bonds is 3. The Labute approximate surface area is 134 Å². The molecule has 0 aromatic rings. The van der Waals surface area contributed by atoms with Crippen LogP contribution in [-0.2, 0) is 14.3 Å². The number of piperidine rings is 1. The lowest BCUT2D eigenvalue weighted by Gasteiger charge is -2.34. The molecule has 1 saturated heterocycles. The van der Waals surface area contributed by atoms with Crippen LogP contribution >= 0.6 is 22.6 Å². The first-order valence-electron chi connectivity index (χ1n) is 7.03. The van der Waals surface area contributed by atoms with E-state index in [1.165, 1.54) is 0 Å². The second kappa shape index (κ2) is 7.47. The Balaban J connectivity index is 2.43. The number of hydrogen-bond donors (Lipinski definition) is 0. The number of amides is 1. The number of hydrogen-bond acceptors (Lipinski definition) is 4. The molecule has 1 amide bonds. The van der Waals surface area contributed by atoms with E-state index in [4.69, 9.17) is 9.47 Å². The minimum absolute atomic E-state index is 0.131. The highest BCUT2D eigenvalue weighted by Gasteiger charge is 2.33. The summed E-state index contributed by atoms with van der Waals surface area (Å²) in [5.41, 5.74) is -0.468. The van der Waals surface area contributed by atoms with E-state index >= 15 is 0 Å². The van der Waals surface area contributed by atoms with Gasteiger partial charge in [0.15, 0.2) is 0 Å². The number of esters is 1. The van der Waals surface area contributed by atoms with E-state index in [-0.39, 0.29) is 21.9 Å². The summed E-state index contributed by atoms with van der Waals surface area (Å²) in [6, 6.07) is 0. The fraction of sp³-hybridized carbons (Fsp3) is 0.857.